The van der Waals surface area contributed by atoms with E-state index in [0.717, 1.165) is 0 Å². The van der Waals surface area contributed by atoms with E-state index in [1.807, 2.05) is 0 Å². The van der Waals surface area contributed by atoms with Crippen molar-refractivity contribution < 1.29 is 14.9 Å². The summed E-state index contributed by atoms with van der Waals surface area (Å²) >= 11 is 0. The van der Waals surface area contributed by atoms with Crippen LogP contribution in [0.1, 0.15) is 6.92 Å². The summed E-state index contributed by atoms with van der Waals surface area (Å²) in [6, 6.07) is 0. The van der Waals surface area contributed by atoms with Gasteiger partial charge in [0.25, 0.3) is 0 Å². The van der Waals surface area contributed by atoms with Gasteiger partial charge in [-0.25, -0.2) is 0 Å². The Morgan fingerprint density at radius 2 is 1.56 bits per heavy atom. The topological polar surface area (TPSA) is 49.7 Å². The molecule has 3 nitrogen and oxygen atoms in total. The van der Waals surface area contributed by atoms with Crippen LogP contribution < -0.4 is 0 Å². The minimum Gasteiger partial charge on any atom is -0.474 e. The van der Waals surface area contributed by atoms with Crippen molar-refractivity contribution in [1.29, 1.82) is 0 Å². The summed E-state index contributed by atoms with van der Waals surface area (Å²) in [6.07, 6.45) is 1.46. The van der Waals surface area contributed by atoms with Gasteiger partial charge in [-0.1, -0.05) is 13.2 Å². The Balaban J connectivity index is 0. The number of hydrogen-bond acceptors (Lipinski definition) is 3. The summed E-state index contributed by atoms with van der Waals surface area (Å²) in [6.45, 7) is 7.79. The minimum atomic E-state index is -1.17. The average Bonchev–Trinajstić information content (AvgIpc) is 1.66. The molecule has 0 heterocycles. The molecule has 0 aromatic carbocycles. The minimum absolute atomic E-state index is 1.17. The lowest BCUT2D eigenvalue weighted by atomic mass is 10.8. The maximum Gasteiger partial charge on any atom is 0.148 e. The maximum atomic E-state index is 7.61. The molecule has 0 spiro atoms. The van der Waals surface area contributed by atoms with Crippen molar-refractivity contribution in [2.45, 2.75) is 13.2 Å². The summed E-state index contributed by atoms with van der Waals surface area (Å²) in [5, 5.41) is 15.2. The first-order chi connectivity index (χ1) is 4.15. The van der Waals surface area contributed by atoms with Gasteiger partial charge in [-0.3, -0.25) is 0 Å². The molecule has 0 aliphatic rings. The zero-order chi connectivity index (χ0) is 7.70. The van der Waals surface area contributed by atoms with Gasteiger partial charge in [-0.15, -0.1) is 0 Å². The van der Waals surface area contributed by atoms with Crippen LogP contribution in [0.5, 0.6) is 0 Å². The highest BCUT2D eigenvalue weighted by atomic mass is 16.5. The summed E-state index contributed by atoms with van der Waals surface area (Å²) in [5.41, 5.74) is 0. The Labute approximate surface area is 54.9 Å². The van der Waals surface area contributed by atoms with Crippen molar-refractivity contribution in [1.82, 2.24) is 0 Å². The molecule has 2 N–H and O–H groups in total. The van der Waals surface area contributed by atoms with E-state index in [-0.39, 0.29) is 0 Å². The molecule has 0 bridgehead atoms. The highest BCUT2D eigenvalue weighted by Crippen LogP contribution is 1.65. The van der Waals surface area contributed by atoms with Crippen molar-refractivity contribution >= 4 is 0 Å². The van der Waals surface area contributed by atoms with E-state index in [4.69, 9.17) is 10.2 Å². The SMILES string of the molecule is C=COC=C.CC(O)O. The molecule has 0 aliphatic heterocycles. The molecular weight excluding hydrogens is 120 g/mol. The third kappa shape index (κ3) is 135. The summed E-state index contributed by atoms with van der Waals surface area (Å²) in [5.74, 6) is 0. The third-order valence-corrected chi connectivity index (χ3v) is 0.192. The fourth-order valence-electron chi connectivity index (χ4n) is 0.0680. The standard InChI is InChI=1S/C4H6O.C2H6O2/c1-3-5-4-2;1-2(3)4/h3-4H,1-2H2;2-4H,1H3. The van der Waals surface area contributed by atoms with Crippen LogP contribution in [0, 0.1) is 0 Å². The molecule has 0 rings (SSSR count). The van der Waals surface area contributed by atoms with Crippen LogP contribution in [0.2, 0.25) is 0 Å². The van der Waals surface area contributed by atoms with E-state index in [9.17, 15) is 0 Å². The zero-order valence-electron chi connectivity index (χ0n) is 5.45. The molecule has 0 unspecified atom stereocenters. The van der Waals surface area contributed by atoms with E-state index in [0.29, 0.717) is 0 Å². The monoisotopic (exact) mass is 132 g/mol. The highest BCUT2D eigenvalue weighted by Gasteiger charge is 1.70. The smallest absolute Gasteiger partial charge is 0.148 e. The molecule has 0 atom stereocenters. The lowest BCUT2D eigenvalue weighted by Crippen LogP contribution is -1.92. The number of aliphatic hydroxyl groups excluding tert-OH is 1. The quantitative estimate of drug-likeness (QED) is 0.427. The molecule has 0 fully saturated rings. The van der Waals surface area contributed by atoms with Crippen molar-refractivity contribution in [3.05, 3.63) is 25.7 Å². The molecule has 0 radical (unpaired) electrons. The van der Waals surface area contributed by atoms with Crippen LogP contribution >= 0.6 is 0 Å². The van der Waals surface area contributed by atoms with Gasteiger partial charge in [0, 0.05) is 0 Å². The molecule has 0 aromatic heterocycles. The van der Waals surface area contributed by atoms with E-state index in [2.05, 4.69) is 17.9 Å². The Hall–Kier alpha value is -0.800. The van der Waals surface area contributed by atoms with Gasteiger partial charge in [-0.2, -0.15) is 0 Å². The first-order valence-electron chi connectivity index (χ1n) is 2.38. The van der Waals surface area contributed by atoms with E-state index >= 15 is 0 Å². The van der Waals surface area contributed by atoms with Gasteiger partial charge in [0.2, 0.25) is 0 Å². The van der Waals surface area contributed by atoms with Gasteiger partial charge in [0.1, 0.15) is 6.29 Å². The number of rotatable bonds is 2. The Kier molecular flexibility index (Phi) is 12.6. The van der Waals surface area contributed by atoms with E-state index < -0.39 is 6.29 Å². The first-order valence-corrected chi connectivity index (χ1v) is 2.38. The lowest BCUT2D eigenvalue weighted by Gasteiger charge is -1.80. The molecule has 0 amide bonds. The number of ether oxygens (including phenoxy) is 1. The average molecular weight is 132 g/mol. The van der Waals surface area contributed by atoms with Crippen molar-refractivity contribution in [3.8, 4) is 0 Å². The molecule has 3 heteroatoms. The fraction of sp³-hybridized carbons (Fsp3) is 0.333. The van der Waals surface area contributed by atoms with E-state index in [1.54, 1.807) is 0 Å². The molecule has 0 aliphatic carbocycles. The van der Waals surface area contributed by atoms with Crippen LogP contribution in [0.25, 0.3) is 0 Å². The zero-order valence-corrected chi connectivity index (χ0v) is 5.45. The fourth-order valence-corrected chi connectivity index (χ4v) is 0.0680. The molecule has 0 saturated heterocycles. The molecule has 9 heavy (non-hydrogen) atoms. The number of hydrogen-bond donors (Lipinski definition) is 2. The normalized spacial score (nSPS) is 7.11. The predicted molar refractivity (Wildman–Crippen MR) is 35.4 cm³/mol. The first kappa shape index (κ1) is 11.1. The Morgan fingerprint density at radius 1 is 1.33 bits per heavy atom. The number of aliphatic hydroxyl groups is 2. The van der Waals surface area contributed by atoms with Gasteiger partial charge in [0.05, 0.1) is 12.5 Å². The Morgan fingerprint density at radius 3 is 1.56 bits per heavy atom. The molecular formula is C6H12O3. The molecule has 0 saturated carbocycles. The maximum absolute atomic E-state index is 7.61. The third-order valence-electron chi connectivity index (χ3n) is 0.192. The summed E-state index contributed by atoms with van der Waals surface area (Å²) in [7, 11) is 0. The summed E-state index contributed by atoms with van der Waals surface area (Å²) < 4.78 is 4.36. The van der Waals surface area contributed by atoms with Crippen LogP contribution in [-0.2, 0) is 4.74 Å². The van der Waals surface area contributed by atoms with Gasteiger partial charge < -0.3 is 14.9 Å². The lowest BCUT2D eigenvalue weighted by molar-refractivity contribution is -0.0228. The van der Waals surface area contributed by atoms with E-state index in [1.165, 1.54) is 19.4 Å². The van der Waals surface area contributed by atoms with Crippen LogP contribution in [0.15, 0.2) is 25.7 Å². The van der Waals surface area contributed by atoms with Crippen molar-refractivity contribution in [3.63, 3.8) is 0 Å². The Bertz CT molecular complexity index is 59.9. The van der Waals surface area contributed by atoms with Gasteiger partial charge >= 0.3 is 0 Å². The van der Waals surface area contributed by atoms with Gasteiger partial charge in [0.15, 0.2) is 0 Å². The summed E-state index contributed by atoms with van der Waals surface area (Å²) in [4.78, 5) is 0. The van der Waals surface area contributed by atoms with Gasteiger partial charge in [-0.05, 0) is 6.92 Å². The molecule has 0 aromatic rings. The van der Waals surface area contributed by atoms with Crippen molar-refractivity contribution in [2.75, 3.05) is 0 Å². The van der Waals surface area contributed by atoms with Crippen LogP contribution in [0.4, 0.5) is 0 Å². The molecule has 54 valence electrons. The van der Waals surface area contributed by atoms with Crippen LogP contribution in [0.3, 0.4) is 0 Å². The largest absolute Gasteiger partial charge is 0.474 e. The second-order valence-electron chi connectivity index (χ2n) is 1.10. The van der Waals surface area contributed by atoms with Crippen LogP contribution in [-0.4, -0.2) is 16.5 Å². The van der Waals surface area contributed by atoms with Crippen molar-refractivity contribution in [2.24, 2.45) is 0 Å². The second kappa shape index (κ2) is 10.2. The second-order valence-corrected chi connectivity index (χ2v) is 1.10. The predicted octanol–water partition coefficient (Wildman–Crippen LogP) is 0.607. The highest BCUT2D eigenvalue weighted by molar-refractivity contribution is 4.57.